The van der Waals surface area contributed by atoms with Crippen LogP contribution in [0.1, 0.15) is 11.1 Å². The van der Waals surface area contributed by atoms with Gasteiger partial charge in [-0.05, 0) is 37.1 Å². The highest BCUT2D eigenvalue weighted by atomic mass is 16.6. The van der Waals surface area contributed by atoms with Gasteiger partial charge >= 0.3 is 5.69 Å². The topological polar surface area (TPSA) is 52.4 Å². The molecule has 0 aliphatic carbocycles. The molecule has 0 unspecified atom stereocenters. The Balaban J connectivity index is 2.40. The Morgan fingerprint density at radius 3 is 2.50 bits per heavy atom. The van der Waals surface area contributed by atoms with Gasteiger partial charge in [-0.25, -0.2) is 0 Å². The molecule has 0 aromatic heterocycles. The number of nitrogens with zero attached hydrogens (tertiary/aromatic N) is 1. The Labute approximate surface area is 105 Å². The Kier molecular flexibility index (Phi) is 3.28. The Morgan fingerprint density at radius 1 is 1.06 bits per heavy atom. The van der Waals surface area contributed by atoms with Crippen LogP contribution in [0.4, 0.5) is 5.69 Å². The van der Waals surface area contributed by atoms with Gasteiger partial charge in [-0.3, -0.25) is 10.1 Å². The first kappa shape index (κ1) is 12.1. The zero-order valence-corrected chi connectivity index (χ0v) is 10.2. The summed E-state index contributed by atoms with van der Waals surface area (Å²) in [5.74, 6) is 0.903. The second-order valence-electron chi connectivity index (χ2n) is 4.10. The number of nitro groups is 1. The lowest BCUT2D eigenvalue weighted by Crippen LogP contribution is -1.94. The largest absolute Gasteiger partial charge is 0.450 e. The van der Waals surface area contributed by atoms with Gasteiger partial charge in [0.05, 0.1) is 4.92 Å². The van der Waals surface area contributed by atoms with Gasteiger partial charge in [0.15, 0.2) is 0 Å². The molecular formula is C14H13NO3. The summed E-state index contributed by atoms with van der Waals surface area (Å²) in [6.45, 7) is 3.86. The van der Waals surface area contributed by atoms with Crippen molar-refractivity contribution in [3.8, 4) is 11.5 Å². The molecule has 4 nitrogen and oxygen atoms in total. The van der Waals surface area contributed by atoms with Gasteiger partial charge in [-0.15, -0.1) is 0 Å². The summed E-state index contributed by atoms with van der Waals surface area (Å²) < 4.78 is 5.64. The first-order chi connectivity index (χ1) is 8.58. The van der Waals surface area contributed by atoms with Crippen molar-refractivity contribution >= 4 is 5.69 Å². The summed E-state index contributed by atoms with van der Waals surface area (Å²) in [6.07, 6.45) is 0. The third kappa shape index (κ3) is 2.48. The van der Waals surface area contributed by atoms with Gasteiger partial charge in [-0.2, -0.15) is 0 Å². The van der Waals surface area contributed by atoms with E-state index in [0.717, 1.165) is 11.1 Å². The lowest BCUT2D eigenvalue weighted by Gasteiger charge is -2.09. The molecule has 2 aromatic carbocycles. The van der Waals surface area contributed by atoms with Gasteiger partial charge < -0.3 is 4.74 Å². The summed E-state index contributed by atoms with van der Waals surface area (Å²) in [6, 6.07) is 12.1. The molecule has 0 atom stereocenters. The number of hydrogen-bond acceptors (Lipinski definition) is 3. The van der Waals surface area contributed by atoms with E-state index in [1.165, 1.54) is 6.07 Å². The van der Waals surface area contributed by atoms with Crippen molar-refractivity contribution in [3.63, 3.8) is 0 Å². The lowest BCUT2D eigenvalue weighted by atomic mass is 10.1. The summed E-state index contributed by atoms with van der Waals surface area (Å²) in [5, 5.41) is 10.9. The third-order valence-corrected chi connectivity index (χ3v) is 2.63. The van der Waals surface area contributed by atoms with E-state index in [-0.39, 0.29) is 11.4 Å². The van der Waals surface area contributed by atoms with Crippen molar-refractivity contribution in [2.75, 3.05) is 0 Å². The normalized spacial score (nSPS) is 10.1. The molecule has 0 aliphatic rings. The van der Waals surface area contributed by atoms with Gasteiger partial charge in [0.1, 0.15) is 5.75 Å². The van der Waals surface area contributed by atoms with Gasteiger partial charge in [-0.1, -0.05) is 24.3 Å². The molecule has 0 saturated carbocycles. The molecule has 18 heavy (non-hydrogen) atoms. The van der Waals surface area contributed by atoms with E-state index in [1.54, 1.807) is 18.2 Å². The van der Waals surface area contributed by atoms with Crippen molar-refractivity contribution in [3.05, 3.63) is 63.7 Å². The predicted molar refractivity (Wildman–Crippen MR) is 69.1 cm³/mol. The van der Waals surface area contributed by atoms with Crippen LogP contribution in [0.15, 0.2) is 42.5 Å². The molecule has 0 amide bonds. The first-order valence-corrected chi connectivity index (χ1v) is 5.56. The molecule has 2 aromatic rings. The summed E-state index contributed by atoms with van der Waals surface area (Å²) in [4.78, 5) is 10.4. The van der Waals surface area contributed by atoms with Crippen LogP contribution < -0.4 is 4.74 Å². The highest BCUT2D eigenvalue weighted by molar-refractivity contribution is 5.49. The van der Waals surface area contributed by atoms with Crippen molar-refractivity contribution in [2.45, 2.75) is 13.8 Å². The smallest absolute Gasteiger partial charge is 0.311 e. The number of benzene rings is 2. The van der Waals surface area contributed by atoms with Crippen molar-refractivity contribution in [1.29, 1.82) is 0 Å². The average Bonchev–Trinajstić information content (AvgIpc) is 2.34. The third-order valence-electron chi connectivity index (χ3n) is 2.63. The second-order valence-corrected chi connectivity index (χ2v) is 4.10. The molecule has 0 fully saturated rings. The van der Waals surface area contributed by atoms with E-state index in [4.69, 9.17) is 4.74 Å². The minimum atomic E-state index is -0.444. The van der Waals surface area contributed by atoms with E-state index in [0.29, 0.717) is 5.75 Å². The molecule has 0 spiro atoms. The van der Waals surface area contributed by atoms with Crippen LogP contribution in [0, 0.1) is 24.0 Å². The fraction of sp³-hybridized carbons (Fsp3) is 0.143. The van der Waals surface area contributed by atoms with Crippen LogP contribution >= 0.6 is 0 Å². The Morgan fingerprint density at radius 2 is 1.78 bits per heavy atom. The van der Waals surface area contributed by atoms with E-state index in [1.807, 2.05) is 32.0 Å². The first-order valence-electron chi connectivity index (χ1n) is 5.56. The molecule has 0 radical (unpaired) electrons. The Hall–Kier alpha value is -2.36. The van der Waals surface area contributed by atoms with Crippen molar-refractivity contribution in [2.24, 2.45) is 0 Å². The van der Waals surface area contributed by atoms with Crippen molar-refractivity contribution in [1.82, 2.24) is 0 Å². The standard InChI is InChI=1S/C14H13NO3/c1-10-7-8-11(2)14(9-10)18-13-6-4-3-5-12(13)15(16)17/h3-9H,1-2H3. The van der Waals surface area contributed by atoms with Gasteiger partial charge in [0.25, 0.3) is 0 Å². The van der Waals surface area contributed by atoms with Gasteiger partial charge in [0.2, 0.25) is 5.75 Å². The van der Waals surface area contributed by atoms with E-state index in [9.17, 15) is 10.1 Å². The number of ether oxygens (including phenoxy) is 1. The molecule has 0 N–H and O–H groups in total. The zero-order valence-electron chi connectivity index (χ0n) is 10.2. The molecule has 0 bridgehead atoms. The van der Waals surface area contributed by atoms with E-state index in [2.05, 4.69) is 0 Å². The van der Waals surface area contributed by atoms with Crippen LogP contribution in [0.3, 0.4) is 0 Å². The Bertz CT molecular complexity index is 593. The van der Waals surface area contributed by atoms with Crippen molar-refractivity contribution < 1.29 is 9.66 Å². The fourth-order valence-corrected chi connectivity index (χ4v) is 1.63. The van der Waals surface area contributed by atoms with Gasteiger partial charge in [0, 0.05) is 6.07 Å². The fourth-order valence-electron chi connectivity index (χ4n) is 1.63. The SMILES string of the molecule is Cc1ccc(C)c(Oc2ccccc2[N+](=O)[O-])c1. The highest BCUT2D eigenvalue weighted by Gasteiger charge is 2.15. The van der Waals surface area contributed by atoms with Crippen LogP contribution in [0.5, 0.6) is 11.5 Å². The maximum Gasteiger partial charge on any atom is 0.311 e. The molecule has 0 saturated heterocycles. The number of nitro benzene ring substituents is 1. The molecule has 0 heterocycles. The zero-order chi connectivity index (χ0) is 13.1. The van der Waals surface area contributed by atoms with Crippen LogP contribution in [-0.4, -0.2) is 4.92 Å². The van der Waals surface area contributed by atoms with Crippen LogP contribution in [0.25, 0.3) is 0 Å². The summed E-state index contributed by atoms with van der Waals surface area (Å²) in [7, 11) is 0. The number of hydrogen-bond donors (Lipinski definition) is 0. The molecular weight excluding hydrogens is 230 g/mol. The maximum atomic E-state index is 10.9. The number of aryl methyl sites for hydroxylation is 2. The molecule has 4 heteroatoms. The average molecular weight is 243 g/mol. The second kappa shape index (κ2) is 4.87. The minimum Gasteiger partial charge on any atom is -0.450 e. The number of para-hydroxylation sites is 2. The lowest BCUT2D eigenvalue weighted by molar-refractivity contribution is -0.385. The quantitative estimate of drug-likeness (QED) is 0.604. The molecule has 2 rings (SSSR count). The maximum absolute atomic E-state index is 10.9. The minimum absolute atomic E-state index is 0.0293. The molecule has 0 aliphatic heterocycles. The van der Waals surface area contributed by atoms with Crippen LogP contribution in [-0.2, 0) is 0 Å². The monoisotopic (exact) mass is 243 g/mol. The van der Waals surface area contributed by atoms with E-state index >= 15 is 0 Å². The summed E-state index contributed by atoms with van der Waals surface area (Å²) >= 11 is 0. The number of rotatable bonds is 3. The van der Waals surface area contributed by atoms with Crippen LogP contribution in [0.2, 0.25) is 0 Å². The highest BCUT2D eigenvalue weighted by Crippen LogP contribution is 2.32. The predicted octanol–water partition coefficient (Wildman–Crippen LogP) is 4.00. The molecule has 92 valence electrons. The van der Waals surface area contributed by atoms with E-state index < -0.39 is 4.92 Å². The summed E-state index contributed by atoms with van der Waals surface area (Å²) in [5.41, 5.74) is 1.96.